The Hall–Kier alpha value is -1.67. The van der Waals surface area contributed by atoms with Gasteiger partial charge < -0.3 is 5.32 Å². The highest BCUT2D eigenvalue weighted by molar-refractivity contribution is 7.89. The summed E-state index contributed by atoms with van der Waals surface area (Å²) in [5, 5.41) is 3.16. The van der Waals surface area contributed by atoms with Crippen molar-refractivity contribution in [3.8, 4) is 0 Å². The molecule has 1 aliphatic heterocycles. The fraction of sp³-hybridized carbons (Fsp3) is 0.333. The zero-order valence-electron chi connectivity index (χ0n) is 14.7. The molecule has 1 aromatic heterocycles. The third kappa shape index (κ3) is 4.60. The Labute approximate surface area is 168 Å². The summed E-state index contributed by atoms with van der Waals surface area (Å²) in [5.74, 6) is -0.253. The zero-order chi connectivity index (χ0) is 19.6. The molecule has 1 atom stereocenters. The van der Waals surface area contributed by atoms with E-state index in [2.05, 4.69) is 10.3 Å². The van der Waals surface area contributed by atoms with E-state index in [1.54, 1.807) is 12.1 Å². The Morgan fingerprint density at radius 1 is 1.26 bits per heavy atom. The second-order valence-corrected chi connectivity index (χ2v) is 9.18. The number of carbonyl (C=O) groups is 1. The largest absolute Gasteiger partial charge is 0.310 e. The normalized spacial score (nSPS) is 18.3. The molecule has 1 amide bonds. The molecule has 1 aliphatic rings. The molecule has 1 aromatic carbocycles. The number of nitrogens with one attached hydrogen (secondary N) is 1. The van der Waals surface area contributed by atoms with Gasteiger partial charge >= 0.3 is 0 Å². The highest BCUT2D eigenvalue weighted by Crippen LogP contribution is 2.30. The zero-order valence-corrected chi connectivity index (χ0v) is 17.0. The minimum atomic E-state index is -3.84. The number of anilines is 1. The molecule has 2 aromatic rings. The number of nitrogens with zero attached hydrogens (tertiary/aromatic N) is 2. The molecule has 0 radical (unpaired) electrons. The molecule has 1 fully saturated rings. The maximum absolute atomic E-state index is 13.0. The van der Waals surface area contributed by atoms with Crippen LogP contribution in [0.5, 0.6) is 0 Å². The number of halogens is 2. The van der Waals surface area contributed by atoms with Gasteiger partial charge in [0.05, 0.1) is 10.9 Å². The predicted molar refractivity (Wildman–Crippen MR) is 106 cm³/mol. The molecule has 0 saturated carbocycles. The van der Waals surface area contributed by atoms with E-state index in [1.807, 2.05) is 13.0 Å². The first-order valence-electron chi connectivity index (χ1n) is 8.47. The van der Waals surface area contributed by atoms with Gasteiger partial charge in [-0.3, -0.25) is 4.79 Å². The van der Waals surface area contributed by atoms with Crippen molar-refractivity contribution >= 4 is 45.0 Å². The number of aromatic nitrogens is 1. The van der Waals surface area contributed by atoms with Crippen LogP contribution in [0.25, 0.3) is 0 Å². The van der Waals surface area contributed by atoms with E-state index in [-0.39, 0.29) is 27.4 Å². The van der Waals surface area contributed by atoms with E-state index < -0.39 is 15.9 Å². The molecule has 6 nitrogen and oxygen atoms in total. The van der Waals surface area contributed by atoms with Crippen LogP contribution in [-0.2, 0) is 14.8 Å². The highest BCUT2D eigenvalue weighted by Gasteiger charge is 2.34. The third-order valence-corrected chi connectivity index (χ3v) is 6.99. The summed E-state index contributed by atoms with van der Waals surface area (Å²) in [4.78, 5) is 16.8. The molecule has 27 heavy (non-hydrogen) atoms. The van der Waals surface area contributed by atoms with Crippen molar-refractivity contribution in [2.24, 2.45) is 5.92 Å². The number of piperidine rings is 1. The van der Waals surface area contributed by atoms with Crippen LogP contribution in [0.1, 0.15) is 18.5 Å². The summed E-state index contributed by atoms with van der Waals surface area (Å²) in [6.07, 6.45) is 1.18. The second kappa shape index (κ2) is 8.14. The van der Waals surface area contributed by atoms with Gasteiger partial charge in [0.2, 0.25) is 15.9 Å². The molecule has 1 unspecified atom stereocenters. The van der Waals surface area contributed by atoms with Crippen LogP contribution < -0.4 is 5.32 Å². The summed E-state index contributed by atoms with van der Waals surface area (Å²) in [6.45, 7) is 2.25. The van der Waals surface area contributed by atoms with Crippen LogP contribution in [0.3, 0.4) is 0 Å². The monoisotopic (exact) mass is 427 g/mol. The minimum Gasteiger partial charge on any atom is -0.310 e. The molecule has 0 spiro atoms. The van der Waals surface area contributed by atoms with Crippen LogP contribution in [0.15, 0.2) is 41.3 Å². The lowest BCUT2D eigenvalue weighted by molar-refractivity contribution is -0.120. The highest BCUT2D eigenvalue weighted by atomic mass is 35.5. The number of pyridine rings is 1. The van der Waals surface area contributed by atoms with Crippen LogP contribution in [0.4, 0.5) is 5.82 Å². The number of carbonyl (C=O) groups excluding carboxylic acids is 1. The first-order valence-corrected chi connectivity index (χ1v) is 10.7. The minimum absolute atomic E-state index is 0.0434. The van der Waals surface area contributed by atoms with Crippen molar-refractivity contribution in [1.29, 1.82) is 0 Å². The van der Waals surface area contributed by atoms with Crippen LogP contribution in [0, 0.1) is 12.8 Å². The fourth-order valence-corrected chi connectivity index (χ4v) is 5.29. The lowest BCUT2D eigenvalue weighted by Crippen LogP contribution is -2.43. The van der Waals surface area contributed by atoms with Crippen LogP contribution in [-0.4, -0.2) is 36.7 Å². The van der Waals surface area contributed by atoms with Crippen molar-refractivity contribution in [2.45, 2.75) is 24.7 Å². The molecule has 144 valence electrons. The number of rotatable bonds is 4. The average Bonchev–Trinajstić information content (AvgIpc) is 2.63. The van der Waals surface area contributed by atoms with Crippen molar-refractivity contribution < 1.29 is 13.2 Å². The van der Waals surface area contributed by atoms with E-state index >= 15 is 0 Å². The van der Waals surface area contributed by atoms with Gasteiger partial charge in [0.15, 0.2) is 0 Å². The van der Waals surface area contributed by atoms with Gasteiger partial charge in [-0.1, -0.05) is 29.3 Å². The van der Waals surface area contributed by atoms with Gasteiger partial charge in [-0.05, 0) is 50.1 Å². The van der Waals surface area contributed by atoms with Gasteiger partial charge in [-0.2, -0.15) is 4.31 Å². The number of aryl methyl sites for hydroxylation is 1. The number of hydrogen-bond acceptors (Lipinski definition) is 4. The first kappa shape index (κ1) is 20.1. The predicted octanol–water partition coefficient (Wildman–Crippen LogP) is 3.74. The Morgan fingerprint density at radius 2 is 2.04 bits per heavy atom. The van der Waals surface area contributed by atoms with Crippen molar-refractivity contribution in [3.63, 3.8) is 0 Å². The first-order chi connectivity index (χ1) is 12.8. The van der Waals surface area contributed by atoms with Crippen LogP contribution >= 0.6 is 23.2 Å². The molecule has 1 N–H and O–H groups in total. The number of sulfonamides is 1. The third-order valence-electron chi connectivity index (χ3n) is 4.41. The summed E-state index contributed by atoms with van der Waals surface area (Å²) < 4.78 is 27.2. The number of amides is 1. The van der Waals surface area contributed by atoms with Gasteiger partial charge in [-0.15, -0.1) is 0 Å². The molecule has 1 saturated heterocycles. The fourth-order valence-electron chi connectivity index (χ4n) is 3.03. The van der Waals surface area contributed by atoms with E-state index in [0.717, 1.165) is 5.69 Å². The second-order valence-electron chi connectivity index (χ2n) is 6.43. The average molecular weight is 428 g/mol. The smallest absolute Gasteiger partial charge is 0.244 e. The Bertz CT molecular complexity index is 966. The quantitative estimate of drug-likeness (QED) is 0.805. The summed E-state index contributed by atoms with van der Waals surface area (Å²) in [6, 6.07) is 9.65. The van der Waals surface area contributed by atoms with Crippen molar-refractivity contribution in [1.82, 2.24) is 9.29 Å². The summed E-state index contributed by atoms with van der Waals surface area (Å²) in [7, 11) is -3.84. The lowest BCUT2D eigenvalue weighted by Gasteiger charge is -2.31. The topological polar surface area (TPSA) is 79.4 Å². The molecule has 0 aliphatic carbocycles. The molecule has 2 heterocycles. The Kier molecular flexibility index (Phi) is 6.05. The molecule has 3 rings (SSSR count). The van der Waals surface area contributed by atoms with E-state index in [4.69, 9.17) is 23.2 Å². The summed E-state index contributed by atoms with van der Waals surface area (Å²) >= 11 is 12.0. The van der Waals surface area contributed by atoms with E-state index in [9.17, 15) is 13.2 Å². The molecule has 9 heteroatoms. The summed E-state index contributed by atoms with van der Waals surface area (Å²) in [5.41, 5.74) is 0.788. The Balaban J connectivity index is 1.77. The maximum atomic E-state index is 13.0. The number of hydrogen-bond donors (Lipinski definition) is 1. The Morgan fingerprint density at radius 3 is 2.78 bits per heavy atom. The molecule has 0 bridgehead atoms. The van der Waals surface area contributed by atoms with Crippen LogP contribution in [0.2, 0.25) is 10.0 Å². The van der Waals surface area contributed by atoms with Gasteiger partial charge in [0, 0.05) is 23.8 Å². The van der Waals surface area contributed by atoms with Crippen molar-refractivity contribution in [2.75, 3.05) is 18.4 Å². The van der Waals surface area contributed by atoms with E-state index in [1.165, 1.54) is 22.5 Å². The van der Waals surface area contributed by atoms with Gasteiger partial charge in [-0.25, -0.2) is 13.4 Å². The standard InChI is InChI=1S/C18H19Cl2N3O3S/c1-12-4-2-6-17(21-12)22-18(24)13-5-3-9-23(11-13)27(25,26)16-10-14(19)7-8-15(16)20/h2,4,6-8,10,13H,3,5,9,11H2,1H3,(H,21,22,24). The number of benzene rings is 1. The molecular formula is C18H19Cl2N3O3S. The lowest BCUT2D eigenvalue weighted by atomic mass is 9.99. The van der Waals surface area contributed by atoms with E-state index in [0.29, 0.717) is 25.2 Å². The van der Waals surface area contributed by atoms with Gasteiger partial charge in [0.25, 0.3) is 0 Å². The molecular weight excluding hydrogens is 409 g/mol. The van der Waals surface area contributed by atoms with Gasteiger partial charge in [0.1, 0.15) is 10.7 Å². The SMILES string of the molecule is Cc1cccc(NC(=O)C2CCCN(S(=O)(=O)c3cc(Cl)ccc3Cl)C2)n1. The maximum Gasteiger partial charge on any atom is 0.244 e. The van der Waals surface area contributed by atoms with Crippen molar-refractivity contribution in [3.05, 3.63) is 52.1 Å².